The van der Waals surface area contributed by atoms with Gasteiger partial charge in [0.25, 0.3) is 0 Å². The van der Waals surface area contributed by atoms with E-state index in [9.17, 15) is 9.90 Å². The van der Waals surface area contributed by atoms with Crippen LogP contribution in [0.4, 0.5) is 0 Å². The van der Waals surface area contributed by atoms with E-state index in [2.05, 4.69) is 12.2 Å². The Labute approximate surface area is 110 Å². The van der Waals surface area contributed by atoms with Crippen LogP contribution in [0.2, 0.25) is 0 Å². The van der Waals surface area contributed by atoms with Crippen molar-refractivity contribution in [2.45, 2.75) is 63.6 Å². The van der Waals surface area contributed by atoms with Gasteiger partial charge in [-0.05, 0) is 39.2 Å². The molecule has 4 atom stereocenters. The van der Waals surface area contributed by atoms with E-state index in [0.29, 0.717) is 6.04 Å². The first-order chi connectivity index (χ1) is 8.59. The predicted octanol–water partition coefficient (Wildman–Crippen LogP) is 1.14. The van der Waals surface area contributed by atoms with Crippen molar-refractivity contribution < 1.29 is 9.90 Å². The zero-order chi connectivity index (χ0) is 13.1. The molecule has 0 aromatic carbocycles. The highest BCUT2D eigenvalue weighted by atomic mass is 16.3. The maximum absolute atomic E-state index is 12.5. The van der Waals surface area contributed by atoms with Crippen LogP contribution in [-0.4, -0.2) is 47.7 Å². The average Bonchev–Trinajstić information content (AvgIpc) is 2.37. The van der Waals surface area contributed by atoms with Crippen LogP contribution in [0.15, 0.2) is 0 Å². The smallest absolute Gasteiger partial charge is 0.225 e. The molecule has 1 saturated heterocycles. The monoisotopic (exact) mass is 254 g/mol. The Kier molecular flexibility index (Phi) is 4.62. The number of aliphatic hydroxyl groups excluding tert-OH is 1. The van der Waals surface area contributed by atoms with Crippen LogP contribution in [0.25, 0.3) is 0 Å². The zero-order valence-electron chi connectivity index (χ0n) is 11.6. The van der Waals surface area contributed by atoms with Crippen molar-refractivity contribution in [2.75, 3.05) is 13.6 Å². The molecule has 0 aromatic heterocycles. The lowest BCUT2D eigenvalue weighted by Gasteiger charge is -2.38. The number of amides is 1. The Balaban J connectivity index is 1.94. The molecule has 0 radical (unpaired) electrons. The summed E-state index contributed by atoms with van der Waals surface area (Å²) in [4.78, 5) is 14.3. The fourth-order valence-electron chi connectivity index (χ4n) is 3.35. The third kappa shape index (κ3) is 3.04. The lowest BCUT2D eigenvalue weighted by Crippen LogP contribution is -2.50. The number of carbonyl (C=O) groups is 1. The molecule has 1 saturated carbocycles. The highest BCUT2D eigenvalue weighted by Gasteiger charge is 2.33. The lowest BCUT2D eigenvalue weighted by molar-refractivity contribution is -0.140. The average molecular weight is 254 g/mol. The van der Waals surface area contributed by atoms with E-state index in [0.717, 1.165) is 45.1 Å². The molecule has 0 aromatic rings. The molecule has 1 heterocycles. The van der Waals surface area contributed by atoms with Crippen molar-refractivity contribution in [1.29, 1.82) is 0 Å². The van der Waals surface area contributed by atoms with Gasteiger partial charge in [0.05, 0.1) is 12.1 Å². The molecule has 1 aliphatic heterocycles. The summed E-state index contributed by atoms with van der Waals surface area (Å²) in [6, 6.07) is 0.467. The molecule has 4 heteroatoms. The summed E-state index contributed by atoms with van der Waals surface area (Å²) in [5.74, 6) is 0.370. The lowest BCUT2D eigenvalue weighted by atomic mass is 9.88. The van der Waals surface area contributed by atoms with E-state index in [4.69, 9.17) is 0 Å². The van der Waals surface area contributed by atoms with Gasteiger partial charge in [-0.15, -0.1) is 0 Å². The highest BCUT2D eigenvalue weighted by Crippen LogP contribution is 2.26. The van der Waals surface area contributed by atoms with Gasteiger partial charge in [0, 0.05) is 19.0 Å². The second-order valence-electron chi connectivity index (χ2n) is 5.94. The Morgan fingerprint density at radius 3 is 2.67 bits per heavy atom. The molecule has 0 spiro atoms. The molecular weight excluding hydrogens is 228 g/mol. The molecule has 2 N–H and O–H groups in total. The Bertz CT molecular complexity index is 296. The Morgan fingerprint density at radius 2 is 2.00 bits per heavy atom. The molecule has 18 heavy (non-hydrogen) atoms. The number of nitrogens with one attached hydrogen (secondary N) is 1. The topological polar surface area (TPSA) is 52.6 Å². The van der Waals surface area contributed by atoms with Gasteiger partial charge in [0.1, 0.15) is 0 Å². The Hall–Kier alpha value is -0.610. The van der Waals surface area contributed by atoms with Crippen molar-refractivity contribution in [3.63, 3.8) is 0 Å². The molecule has 104 valence electrons. The normalized spacial score (nSPS) is 37.3. The molecule has 2 aliphatic rings. The van der Waals surface area contributed by atoms with Crippen LogP contribution in [-0.2, 0) is 4.79 Å². The molecule has 1 aliphatic carbocycles. The summed E-state index contributed by atoms with van der Waals surface area (Å²) >= 11 is 0. The van der Waals surface area contributed by atoms with Gasteiger partial charge in [0.2, 0.25) is 5.91 Å². The summed E-state index contributed by atoms with van der Waals surface area (Å²) in [6.07, 6.45) is 5.52. The standard InChI is InChI=1S/C14H26N2O2/c1-10-9-11(7-8-15-10)14(18)16(2)12-5-3-4-6-13(12)17/h10-13,15,17H,3-9H2,1-2H3. The fourth-order valence-corrected chi connectivity index (χ4v) is 3.35. The van der Waals surface area contributed by atoms with Crippen molar-refractivity contribution in [1.82, 2.24) is 10.2 Å². The molecule has 2 rings (SSSR count). The minimum Gasteiger partial charge on any atom is -0.391 e. The summed E-state index contributed by atoms with van der Waals surface area (Å²) in [7, 11) is 1.87. The summed E-state index contributed by atoms with van der Waals surface area (Å²) in [5, 5.41) is 13.4. The van der Waals surface area contributed by atoms with Crippen LogP contribution in [0.3, 0.4) is 0 Å². The van der Waals surface area contributed by atoms with Gasteiger partial charge in [-0.1, -0.05) is 12.8 Å². The van der Waals surface area contributed by atoms with Crippen LogP contribution < -0.4 is 5.32 Å². The number of rotatable bonds is 2. The Morgan fingerprint density at radius 1 is 1.28 bits per heavy atom. The van der Waals surface area contributed by atoms with Crippen molar-refractivity contribution in [3.8, 4) is 0 Å². The third-order valence-electron chi connectivity index (χ3n) is 4.51. The van der Waals surface area contributed by atoms with Gasteiger partial charge < -0.3 is 15.3 Å². The molecule has 4 unspecified atom stereocenters. The van der Waals surface area contributed by atoms with Gasteiger partial charge >= 0.3 is 0 Å². The second-order valence-corrected chi connectivity index (χ2v) is 5.94. The van der Waals surface area contributed by atoms with E-state index in [-0.39, 0.29) is 24.0 Å². The quantitative estimate of drug-likeness (QED) is 0.777. The SMILES string of the molecule is CC1CC(C(=O)N(C)C2CCCCC2O)CCN1. The van der Waals surface area contributed by atoms with E-state index < -0.39 is 0 Å². The summed E-state index contributed by atoms with van der Waals surface area (Å²) in [6.45, 7) is 3.06. The van der Waals surface area contributed by atoms with Crippen LogP contribution in [0.5, 0.6) is 0 Å². The number of aliphatic hydroxyl groups is 1. The van der Waals surface area contributed by atoms with E-state index >= 15 is 0 Å². The number of carbonyl (C=O) groups excluding carboxylic acids is 1. The maximum atomic E-state index is 12.5. The first-order valence-electron chi connectivity index (χ1n) is 7.27. The number of nitrogens with zero attached hydrogens (tertiary/aromatic N) is 1. The van der Waals surface area contributed by atoms with Crippen molar-refractivity contribution in [2.24, 2.45) is 5.92 Å². The third-order valence-corrected chi connectivity index (χ3v) is 4.51. The van der Waals surface area contributed by atoms with Crippen molar-refractivity contribution in [3.05, 3.63) is 0 Å². The minimum atomic E-state index is -0.327. The van der Waals surface area contributed by atoms with Gasteiger partial charge in [-0.3, -0.25) is 4.79 Å². The number of piperidine rings is 1. The molecule has 4 nitrogen and oxygen atoms in total. The van der Waals surface area contributed by atoms with Crippen LogP contribution >= 0.6 is 0 Å². The first kappa shape index (κ1) is 13.8. The molecule has 1 amide bonds. The minimum absolute atomic E-state index is 0.0384. The van der Waals surface area contributed by atoms with Crippen molar-refractivity contribution >= 4 is 5.91 Å². The van der Waals surface area contributed by atoms with Crippen LogP contribution in [0.1, 0.15) is 45.4 Å². The largest absolute Gasteiger partial charge is 0.391 e. The van der Waals surface area contributed by atoms with E-state index in [1.165, 1.54) is 0 Å². The maximum Gasteiger partial charge on any atom is 0.225 e. The second kappa shape index (κ2) is 6.02. The number of hydrogen-bond acceptors (Lipinski definition) is 3. The van der Waals surface area contributed by atoms with E-state index in [1.54, 1.807) is 0 Å². The molecule has 2 fully saturated rings. The zero-order valence-corrected chi connectivity index (χ0v) is 11.6. The summed E-state index contributed by atoms with van der Waals surface area (Å²) < 4.78 is 0. The first-order valence-corrected chi connectivity index (χ1v) is 7.27. The van der Waals surface area contributed by atoms with Gasteiger partial charge in [0.15, 0.2) is 0 Å². The van der Waals surface area contributed by atoms with E-state index in [1.807, 2.05) is 11.9 Å². The molecular formula is C14H26N2O2. The fraction of sp³-hybridized carbons (Fsp3) is 0.929. The number of hydrogen-bond donors (Lipinski definition) is 2. The van der Waals surface area contributed by atoms with Crippen LogP contribution in [0, 0.1) is 5.92 Å². The summed E-state index contributed by atoms with van der Waals surface area (Å²) in [5.41, 5.74) is 0. The van der Waals surface area contributed by atoms with Gasteiger partial charge in [-0.25, -0.2) is 0 Å². The van der Waals surface area contributed by atoms with Gasteiger partial charge in [-0.2, -0.15) is 0 Å². The highest BCUT2D eigenvalue weighted by molar-refractivity contribution is 5.79. The predicted molar refractivity (Wildman–Crippen MR) is 71.2 cm³/mol. The molecule has 0 bridgehead atoms. The number of likely N-dealkylation sites (N-methyl/N-ethyl adjacent to an activating group) is 1.